The second kappa shape index (κ2) is 11.6. The number of nitrogens with zero attached hydrogens (tertiary/aromatic N) is 2. The van der Waals surface area contributed by atoms with Crippen molar-refractivity contribution in [3.05, 3.63) is 65.5 Å². The van der Waals surface area contributed by atoms with Crippen LogP contribution in [0.1, 0.15) is 54.4 Å². The van der Waals surface area contributed by atoms with Crippen molar-refractivity contribution < 1.29 is 18.7 Å². The number of carbonyl (C=O) groups excluding carboxylic acids is 2. The maximum atomic E-state index is 13.3. The van der Waals surface area contributed by atoms with Crippen LogP contribution >= 0.6 is 0 Å². The molecule has 2 aromatic rings. The number of anilines is 1. The number of ether oxygens (including phenoxy) is 1. The number of methoxy groups -OCH3 is 1. The minimum Gasteiger partial charge on any atom is -0.375 e. The van der Waals surface area contributed by atoms with Gasteiger partial charge in [-0.1, -0.05) is 43.9 Å². The first kappa shape index (κ1) is 22.9. The highest BCUT2D eigenvalue weighted by Gasteiger charge is 2.22. The van der Waals surface area contributed by atoms with Crippen molar-refractivity contribution in [1.82, 2.24) is 4.90 Å². The Labute approximate surface area is 183 Å². The number of halogens is 1. The molecule has 0 fully saturated rings. The first-order valence-corrected chi connectivity index (χ1v) is 11.0. The Morgan fingerprint density at radius 3 is 2.26 bits per heavy atom. The molecule has 0 radical (unpaired) electrons. The van der Waals surface area contributed by atoms with Crippen LogP contribution < -0.4 is 4.90 Å². The molecule has 6 heteroatoms. The van der Waals surface area contributed by atoms with Crippen LogP contribution in [0.4, 0.5) is 10.1 Å². The van der Waals surface area contributed by atoms with E-state index in [4.69, 9.17) is 4.74 Å². The van der Waals surface area contributed by atoms with Crippen LogP contribution in [-0.2, 0) is 16.1 Å². The number of amides is 2. The Morgan fingerprint density at radius 1 is 0.903 bits per heavy atom. The van der Waals surface area contributed by atoms with Crippen LogP contribution in [0.15, 0.2) is 48.5 Å². The van der Waals surface area contributed by atoms with Gasteiger partial charge in [0, 0.05) is 38.0 Å². The van der Waals surface area contributed by atoms with Crippen LogP contribution in [0.2, 0.25) is 0 Å². The Bertz CT molecular complexity index is 869. The standard InChI is InChI=1S/C25H31FN2O3/c1-31-19-24(29)28-17-9-5-3-2-4-8-16-27(18-21-10-6-7-11-23(21)28)25(30)20-12-14-22(26)15-13-20/h6-7,10-15H,2-5,8-9,16-19H2,1H3. The molecule has 166 valence electrons. The molecule has 0 spiro atoms. The van der Waals surface area contributed by atoms with Crippen molar-refractivity contribution in [3.63, 3.8) is 0 Å². The van der Waals surface area contributed by atoms with E-state index in [1.54, 1.807) is 4.90 Å². The minimum absolute atomic E-state index is 0.0204. The maximum absolute atomic E-state index is 13.3. The van der Waals surface area contributed by atoms with Crippen molar-refractivity contribution in [3.8, 4) is 0 Å². The molecule has 0 saturated heterocycles. The third-order valence-corrected chi connectivity index (χ3v) is 5.65. The average molecular weight is 427 g/mol. The van der Waals surface area contributed by atoms with Gasteiger partial charge in [-0.2, -0.15) is 0 Å². The summed E-state index contributed by atoms with van der Waals surface area (Å²) in [5.41, 5.74) is 2.21. The van der Waals surface area contributed by atoms with Gasteiger partial charge in [0.15, 0.2) is 0 Å². The van der Waals surface area contributed by atoms with E-state index in [0.29, 0.717) is 25.2 Å². The van der Waals surface area contributed by atoms with E-state index in [-0.39, 0.29) is 24.2 Å². The van der Waals surface area contributed by atoms with Crippen LogP contribution in [0.5, 0.6) is 0 Å². The summed E-state index contributed by atoms with van der Waals surface area (Å²) in [7, 11) is 1.52. The van der Waals surface area contributed by atoms with Crippen molar-refractivity contribution in [2.75, 3.05) is 31.7 Å². The Balaban J connectivity index is 1.93. The molecule has 0 aromatic heterocycles. The predicted molar refractivity (Wildman–Crippen MR) is 120 cm³/mol. The summed E-state index contributed by atoms with van der Waals surface area (Å²) in [4.78, 5) is 29.6. The highest BCUT2D eigenvalue weighted by atomic mass is 19.1. The number of hydrogen-bond donors (Lipinski definition) is 0. The molecule has 2 amide bonds. The SMILES string of the molecule is COCC(=O)N1CCCCCCCCN(C(=O)c2ccc(F)cc2)Cc2ccccc21. The molecule has 0 bridgehead atoms. The zero-order valence-corrected chi connectivity index (χ0v) is 18.2. The highest BCUT2D eigenvalue weighted by Crippen LogP contribution is 2.25. The summed E-state index contributed by atoms with van der Waals surface area (Å²) in [6.07, 6.45) is 6.19. The average Bonchev–Trinajstić information content (AvgIpc) is 2.79. The third kappa shape index (κ3) is 6.37. The molecule has 0 N–H and O–H groups in total. The van der Waals surface area contributed by atoms with Gasteiger partial charge in [-0.3, -0.25) is 9.59 Å². The first-order chi connectivity index (χ1) is 15.1. The normalized spacial score (nSPS) is 15.9. The summed E-state index contributed by atoms with van der Waals surface area (Å²) in [5, 5.41) is 0. The van der Waals surface area contributed by atoms with Gasteiger partial charge in [0.1, 0.15) is 12.4 Å². The van der Waals surface area contributed by atoms with Crippen LogP contribution in [0.3, 0.4) is 0 Å². The number of benzene rings is 2. The van der Waals surface area contributed by atoms with E-state index >= 15 is 0 Å². The van der Waals surface area contributed by atoms with Gasteiger partial charge in [-0.25, -0.2) is 4.39 Å². The molecule has 1 heterocycles. The lowest BCUT2D eigenvalue weighted by atomic mass is 10.1. The van der Waals surface area contributed by atoms with Gasteiger partial charge in [-0.15, -0.1) is 0 Å². The van der Waals surface area contributed by atoms with Crippen molar-refractivity contribution >= 4 is 17.5 Å². The molecular formula is C25H31FN2O3. The fourth-order valence-corrected chi connectivity index (χ4v) is 4.00. The van der Waals surface area contributed by atoms with E-state index in [2.05, 4.69) is 0 Å². The molecule has 0 unspecified atom stereocenters. The van der Waals surface area contributed by atoms with Gasteiger partial charge in [0.2, 0.25) is 0 Å². The Kier molecular flexibility index (Phi) is 8.59. The fraction of sp³-hybridized carbons (Fsp3) is 0.440. The third-order valence-electron chi connectivity index (χ3n) is 5.65. The predicted octanol–water partition coefficient (Wildman–Crippen LogP) is 4.80. The molecule has 0 saturated carbocycles. The molecule has 3 rings (SSSR count). The van der Waals surface area contributed by atoms with Crippen LogP contribution in [0.25, 0.3) is 0 Å². The number of para-hydroxylation sites is 1. The molecule has 0 atom stereocenters. The molecule has 0 aliphatic carbocycles. The number of hydrogen-bond acceptors (Lipinski definition) is 3. The van der Waals surface area contributed by atoms with E-state index in [0.717, 1.165) is 49.8 Å². The minimum atomic E-state index is -0.362. The van der Waals surface area contributed by atoms with Crippen molar-refractivity contribution in [1.29, 1.82) is 0 Å². The maximum Gasteiger partial charge on any atom is 0.254 e. The number of fused-ring (bicyclic) bond motifs is 1. The van der Waals surface area contributed by atoms with Gasteiger partial charge in [0.05, 0.1) is 0 Å². The summed E-state index contributed by atoms with van der Waals surface area (Å²) >= 11 is 0. The number of rotatable bonds is 3. The Hall–Kier alpha value is -2.73. The van der Waals surface area contributed by atoms with E-state index in [1.807, 2.05) is 29.2 Å². The summed E-state index contributed by atoms with van der Waals surface area (Å²) < 4.78 is 18.4. The van der Waals surface area contributed by atoms with E-state index in [9.17, 15) is 14.0 Å². The summed E-state index contributed by atoms with van der Waals surface area (Å²) in [5.74, 6) is -0.570. The van der Waals surface area contributed by atoms with Crippen LogP contribution in [0, 0.1) is 5.82 Å². The molecule has 31 heavy (non-hydrogen) atoms. The molecule has 1 aliphatic heterocycles. The molecular weight excluding hydrogens is 395 g/mol. The quantitative estimate of drug-likeness (QED) is 0.708. The van der Waals surface area contributed by atoms with Crippen LogP contribution in [-0.4, -0.2) is 43.5 Å². The van der Waals surface area contributed by atoms with Gasteiger partial charge in [-0.05, 0) is 48.7 Å². The molecule has 2 aromatic carbocycles. The first-order valence-electron chi connectivity index (χ1n) is 11.0. The van der Waals surface area contributed by atoms with Gasteiger partial charge < -0.3 is 14.5 Å². The molecule has 5 nitrogen and oxygen atoms in total. The van der Waals surface area contributed by atoms with Crippen molar-refractivity contribution in [2.45, 2.75) is 45.1 Å². The zero-order valence-electron chi connectivity index (χ0n) is 18.2. The van der Waals surface area contributed by atoms with E-state index < -0.39 is 0 Å². The highest BCUT2D eigenvalue weighted by molar-refractivity contribution is 5.96. The monoisotopic (exact) mass is 426 g/mol. The summed E-state index contributed by atoms with van der Waals surface area (Å²) in [6.45, 7) is 1.66. The fourth-order valence-electron chi connectivity index (χ4n) is 4.00. The molecule has 1 aliphatic rings. The summed E-state index contributed by atoms with van der Waals surface area (Å²) in [6, 6.07) is 13.4. The Morgan fingerprint density at radius 2 is 1.55 bits per heavy atom. The number of carbonyl (C=O) groups is 2. The smallest absolute Gasteiger partial charge is 0.254 e. The topological polar surface area (TPSA) is 49.9 Å². The van der Waals surface area contributed by atoms with Gasteiger partial charge >= 0.3 is 0 Å². The zero-order chi connectivity index (χ0) is 22.1. The second-order valence-corrected chi connectivity index (χ2v) is 7.96. The second-order valence-electron chi connectivity index (χ2n) is 7.96. The van der Waals surface area contributed by atoms with Gasteiger partial charge in [0.25, 0.3) is 11.8 Å². The van der Waals surface area contributed by atoms with E-state index in [1.165, 1.54) is 31.4 Å². The largest absolute Gasteiger partial charge is 0.375 e. The lowest BCUT2D eigenvalue weighted by Gasteiger charge is -2.28. The lowest BCUT2D eigenvalue weighted by Crippen LogP contribution is -2.37. The van der Waals surface area contributed by atoms with Crippen molar-refractivity contribution in [2.24, 2.45) is 0 Å². The lowest BCUT2D eigenvalue weighted by molar-refractivity contribution is -0.122.